The summed E-state index contributed by atoms with van der Waals surface area (Å²) in [5.41, 5.74) is 7.63. The van der Waals surface area contributed by atoms with Crippen LogP contribution < -0.4 is 5.73 Å². The van der Waals surface area contributed by atoms with E-state index in [0.29, 0.717) is 18.1 Å². The fourth-order valence-corrected chi connectivity index (χ4v) is 2.78. The number of carbonyl (C=O) groups is 1. The van der Waals surface area contributed by atoms with E-state index in [1.807, 2.05) is 24.3 Å². The van der Waals surface area contributed by atoms with Crippen LogP contribution in [0, 0.1) is 5.92 Å². The molecule has 18 heavy (non-hydrogen) atoms. The van der Waals surface area contributed by atoms with E-state index in [1.54, 1.807) is 0 Å². The van der Waals surface area contributed by atoms with Gasteiger partial charge < -0.3 is 5.73 Å². The lowest BCUT2D eigenvalue weighted by Gasteiger charge is -2.20. The highest BCUT2D eigenvalue weighted by molar-refractivity contribution is 5.78. The molecule has 1 aliphatic rings. The number of carbonyl (C=O) groups excluding carboxylic acids is 1. The van der Waals surface area contributed by atoms with Gasteiger partial charge in [0, 0.05) is 18.5 Å². The number of nitrogen functional groups attached to an aromatic ring is 1. The van der Waals surface area contributed by atoms with Crippen molar-refractivity contribution in [1.29, 1.82) is 0 Å². The lowest BCUT2D eigenvalue weighted by atomic mass is 9.85. The van der Waals surface area contributed by atoms with Crippen LogP contribution in [0.1, 0.15) is 50.5 Å². The molecule has 0 heterocycles. The van der Waals surface area contributed by atoms with Crippen molar-refractivity contribution in [2.75, 3.05) is 5.73 Å². The smallest absolute Gasteiger partial charge is 0.133 e. The highest BCUT2D eigenvalue weighted by Crippen LogP contribution is 2.26. The molecule has 0 aromatic heterocycles. The van der Waals surface area contributed by atoms with Gasteiger partial charge >= 0.3 is 0 Å². The minimum absolute atomic E-state index is 0.429. The first kappa shape index (κ1) is 13.1. The number of Topliss-reactive ketones (excluding diaryl/α,β-unsaturated/α-hetero) is 1. The number of rotatable bonds is 5. The van der Waals surface area contributed by atoms with Gasteiger partial charge in [0.2, 0.25) is 0 Å². The second-order valence-electron chi connectivity index (χ2n) is 5.49. The fourth-order valence-electron chi connectivity index (χ4n) is 2.78. The molecule has 2 N–H and O–H groups in total. The molecule has 0 unspecified atom stereocenters. The van der Waals surface area contributed by atoms with E-state index in [-0.39, 0.29) is 0 Å². The summed E-state index contributed by atoms with van der Waals surface area (Å²) in [7, 11) is 0. The third-order valence-corrected chi connectivity index (χ3v) is 3.91. The Morgan fingerprint density at radius 3 is 2.44 bits per heavy atom. The van der Waals surface area contributed by atoms with Crippen LogP contribution in [-0.4, -0.2) is 5.78 Å². The molecular weight excluding hydrogens is 222 g/mol. The van der Waals surface area contributed by atoms with Crippen LogP contribution in [0.3, 0.4) is 0 Å². The van der Waals surface area contributed by atoms with Gasteiger partial charge in [-0.05, 0) is 30.0 Å². The molecule has 0 aliphatic heterocycles. The summed E-state index contributed by atoms with van der Waals surface area (Å²) in [5, 5.41) is 0. The molecule has 1 fully saturated rings. The van der Waals surface area contributed by atoms with Gasteiger partial charge in [-0.3, -0.25) is 4.79 Å². The molecule has 0 spiro atoms. The van der Waals surface area contributed by atoms with E-state index in [0.717, 1.165) is 18.5 Å². The molecule has 0 saturated heterocycles. The van der Waals surface area contributed by atoms with Crippen LogP contribution in [-0.2, 0) is 11.2 Å². The van der Waals surface area contributed by atoms with Gasteiger partial charge in [-0.2, -0.15) is 0 Å². The molecule has 1 saturated carbocycles. The predicted molar refractivity (Wildman–Crippen MR) is 75.4 cm³/mol. The van der Waals surface area contributed by atoms with E-state index in [9.17, 15) is 4.79 Å². The molecule has 2 heteroatoms. The number of hydrogen-bond donors (Lipinski definition) is 1. The summed E-state index contributed by atoms with van der Waals surface area (Å²) in [4.78, 5) is 11.9. The molecule has 2 nitrogen and oxygen atoms in total. The van der Waals surface area contributed by atoms with Crippen LogP contribution in [0.4, 0.5) is 5.69 Å². The predicted octanol–water partition coefficient (Wildman–Crippen LogP) is 3.74. The first-order valence-corrected chi connectivity index (χ1v) is 7.10. The topological polar surface area (TPSA) is 43.1 Å². The molecule has 1 aromatic carbocycles. The van der Waals surface area contributed by atoms with Crippen LogP contribution in [0.2, 0.25) is 0 Å². The highest BCUT2D eigenvalue weighted by atomic mass is 16.1. The molecule has 1 aromatic rings. The lowest BCUT2D eigenvalue weighted by Crippen LogP contribution is -2.12. The maximum Gasteiger partial charge on any atom is 0.133 e. The minimum atomic E-state index is 0.429. The maximum atomic E-state index is 11.9. The van der Waals surface area contributed by atoms with E-state index in [1.165, 1.54) is 37.7 Å². The SMILES string of the molecule is Nc1ccc(CCC(=O)CC2CCCCC2)cc1. The Labute approximate surface area is 110 Å². The molecule has 0 amide bonds. The molecule has 1 aliphatic carbocycles. The zero-order chi connectivity index (χ0) is 12.8. The zero-order valence-corrected chi connectivity index (χ0v) is 11.0. The molecule has 0 radical (unpaired) electrons. The summed E-state index contributed by atoms with van der Waals surface area (Å²) in [5.74, 6) is 1.09. The molecule has 0 atom stereocenters. The second-order valence-corrected chi connectivity index (χ2v) is 5.49. The fraction of sp³-hybridized carbons (Fsp3) is 0.562. The van der Waals surface area contributed by atoms with Crippen molar-refractivity contribution >= 4 is 11.5 Å². The summed E-state index contributed by atoms with van der Waals surface area (Å²) in [6, 6.07) is 7.84. The highest BCUT2D eigenvalue weighted by Gasteiger charge is 2.16. The summed E-state index contributed by atoms with van der Waals surface area (Å²) >= 11 is 0. The average molecular weight is 245 g/mol. The van der Waals surface area contributed by atoms with Crippen molar-refractivity contribution in [1.82, 2.24) is 0 Å². The standard InChI is InChI=1S/C16H23NO/c17-15-9-6-13(7-10-15)8-11-16(18)12-14-4-2-1-3-5-14/h6-7,9-10,14H,1-5,8,11-12,17H2. The van der Waals surface area contributed by atoms with Crippen molar-refractivity contribution in [3.8, 4) is 0 Å². The van der Waals surface area contributed by atoms with Crippen LogP contribution in [0.25, 0.3) is 0 Å². The lowest BCUT2D eigenvalue weighted by molar-refractivity contribution is -0.120. The number of anilines is 1. The zero-order valence-electron chi connectivity index (χ0n) is 11.0. The molecule has 98 valence electrons. The number of hydrogen-bond acceptors (Lipinski definition) is 2. The van der Waals surface area contributed by atoms with Gasteiger partial charge in [0.15, 0.2) is 0 Å². The van der Waals surface area contributed by atoms with Crippen LogP contribution in [0.5, 0.6) is 0 Å². The number of aryl methyl sites for hydroxylation is 1. The van der Waals surface area contributed by atoms with Crippen LogP contribution in [0.15, 0.2) is 24.3 Å². The summed E-state index contributed by atoms with van der Waals surface area (Å²) in [6.45, 7) is 0. The minimum Gasteiger partial charge on any atom is -0.399 e. The van der Waals surface area contributed by atoms with Crippen molar-refractivity contribution in [2.45, 2.75) is 51.4 Å². The average Bonchev–Trinajstić information content (AvgIpc) is 2.39. The van der Waals surface area contributed by atoms with Gasteiger partial charge in [-0.25, -0.2) is 0 Å². The monoisotopic (exact) mass is 245 g/mol. The van der Waals surface area contributed by atoms with E-state index in [2.05, 4.69) is 0 Å². The second kappa shape index (κ2) is 6.58. The Kier molecular flexibility index (Phi) is 4.80. The van der Waals surface area contributed by atoms with E-state index in [4.69, 9.17) is 5.73 Å². The normalized spacial score (nSPS) is 16.7. The Morgan fingerprint density at radius 1 is 1.11 bits per heavy atom. The number of ketones is 1. The number of benzene rings is 1. The largest absolute Gasteiger partial charge is 0.399 e. The van der Waals surface area contributed by atoms with Crippen LogP contribution >= 0.6 is 0 Å². The Balaban J connectivity index is 1.72. The summed E-state index contributed by atoms with van der Waals surface area (Å²) < 4.78 is 0. The molecule has 2 rings (SSSR count). The third-order valence-electron chi connectivity index (χ3n) is 3.91. The van der Waals surface area contributed by atoms with Crippen molar-refractivity contribution in [2.24, 2.45) is 5.92 Å². The first-order chi connectivity index (χ1) is 8.74. The Hall–Kier alpha value is -1.31. The molecular formula is C16H23NO. The number of nitrogens with two attached hydrogens (primary N) is 1. The van der Waals surface area contributed by atoms with Crippen molar-refractivity contribution < 1.29 is 4.79 Å². The van der Waals surface area contributed by atoms with Crippen molar-refractivity contribution in [3.63, 3.8) is 0 Å². The van der Waals surface area contributed by atoms with Gasteiger partial charge in [-0.15, -0.1) is 0 Å². The van der Waals surface area contributed by atoms with E-state index < -0.39 is 0 Å². The maximum absolute atomic E-state index is 11.9. The Bertz CT molecular complexity index is 377. The van der Waals surface area contributed by atoms with Crippen molar-refractivity contribution in [3.05, 3.63) is 29.8 Å². The first-order valence-electron chi connectivity index (χ1n) is 7.10. The third kappa shape index (κ3) is 4.17. The quantitative estimate of drug-likeness (QED) is 0.803. The van der Waals surface area contributed by atoms with Gasteiger partial charge in [0.25, 0.3) is 0 Å². The molecule has 0 bridgehead atoms. The van der Waals surface area contributed by atoms with Gasteiger partial charge in [0.1, 0.15) is 5.78 Å². The van der Waals surface area contributed by atoms with E-state index >= 15 is 0 Å². The van der Waals surface area contributed by atoms with Gasteiger partial charge in [-0.1, -0.05) is 44.2 Å². The summed E-state index contributed by atoms with van der Waals surface area (Å²) in [6.07, 6.45) is 8.84. The Morgan fingerprint density at radius 2 is 1.78 bits per heavy atom. The van der Waals surface area contributed by atoms with Gasteiger partial charge in [0.05, 0.1) is 0 Å².